The van der Waals surface area contributed by atoms with Crippen LogP contribution < -0.4 is 15.5 Å². The first-order valence-electron chi connectivity index (χ1n) is 11.8. The molecule has 194 valence electrons. The molecule has 0 fully saturated rings. The highest BCUT2D eigenvalue weighted by Crippen LogP contribution is 2.44. The Balaban J connectivity index is 1.65. The number of halogens is 3. The molecule has 4 aromatic rings. The van der Waals surface area contributed by atoms with Crippen molar-refractivity contribution in [2.45, 2.75) is 37.5 Å². The summed E-state index contributed by atoms with van der Waals surface area (Å²) in [6, 6.07) is 20.9. The summed E-state index contributed by atoms with van der Waals surface area (Å²) in [6.45, 7) is 2.52. The van der Waals surface area contributed by atoms with Gasteiger partial charge in [0.05, 0.1) is 13.7 Å². The van der Waals surface area contributed by atoms with E-state index < -0.39 is 30.2 Å². The number of nitrogens with one attached hydrogen (secondary N) is 2. The first-order valence-corrected chi connectivity index (χ1v) is 11.8. The fourth-order valence-electron chi connectivity index (χ4n) is 4.67. The quantitative estimate of drug-likeness (QED) is 0.261. The highest BCUT2D eigenvalue weighted by molar-refractivity contribution is 5.82. The van der Waals surface area contributed by atoms with Gasteiger partial charge in [-0.1, -0.05) is 50.2 Å². The van der Waals surface area contributed by atoms with Gasteiger partial charge in [-0.3, -0.25) is 4.79 Å². The van der Waals surface area contributed by atoms with Gasteiger partial charge < -0.3 is 20.1 Å². The summed E-state index contributed by atoms with van der Waals surface area (Å²) in [6.07, 6.45) is -4.04. The number of rotatable bonds is 8. The second-order valence-electron chi connectivity index (χ2n) is 9.83. The summed E-state index contributed by atoms with van der Waals surface area (Å²) in [5, 5.41) is 14.1. The smallest absolute Gasteiger partial charge is 0.418 e. The molecular formula is C29H29F3N2O3. The number of hydrogen-bond acceptors (Lipinski definition) is 4. The first kappa shape index (κ1) is 26.3. The maximum absolute atomic E-state index is 14.3. The molecule has 0 spiro atoms. The SMILES string of the molecule is COc1ccc(-c2ccccc2)cc1C(C)(C)CC(O)(CNc1ccc2[nH]ccc(=O)c2c1)C(F)(F)F. The van der Waals surface area contributed by atoms with E-state index in [1.807, 2.05) is 42.5 Å². The van der Waals surface area contributed by atoms with Crippen molar-refractivity contribution in [2.75, 3.05) is 19.0 Å². The van der Waals surface area contributed by atoms with Gasteiger partial charge >= 0.3 is 6.18 Å². The van der Waals surface area contributed by atoms with Crippen LogP contribution in [-0.2, 0) is 5.41 Å². The van der Waals surface area contributed by atoms with Crippen molar-refractivity contribution in [3.05, 3.63) is 94.8 Å². The lowest BCUT2D eigenvalue weighted by Gasteiger charge is -2.38. The number of H-pyrrole nitrogens is 1. The maximum atomic E-state index is 14.3. The van der Waals surface area contributed by atoms with Crippen LogP contribution in [0.25, 0.3) is 22.0 Å². The van der Waals surface area contributed by atoms with Crippen LogP contribution in [0.3, 0.4) is 0 Å². The standard InChI is InChI=1S/C29H29F3N2O3/c1-27(2,23-15-20(9-12-26(23)37-3)19-7-5-4-6-8-19)17-28(36,29(30,31)32)18-34-21-10-11-24-22(16-21)25(35)13-14-33-24/h4-16,34,36H,17-18H2,1-3H3,(H,33,35). The number of aromatic amines is 1. The van der Waals surface area contributed by atoms with E-state index in [1.54, 1.807) is 32.0 Å². The number of anilines is 1. The van der Waals surface area contributed by atoms with E-state index >= 15 is 0 Å². The van der Waals surface area contributed by atoms with Crippen LogP contribution in [-0.4, -0.2) is 35.5 Å². The van der Waals surface area contributed by atoms with Crippen molar-refractivity contribution in [3.8, 4) is 16.9 Å². The van der Waals surface area contributed by atoms with Crippen molar-refractivity contribution < 1.29 is 23.0 Å². The van der Waals surface area contributed by atoms with Crippen LogP contribution in [0.15, 0.2) is 83.8 Å². The average molecular weight is 511 g/mol. The third-order valence-corrected chi connectivity index (χ3v) is 6.64. The molecule has 0 aliphatic heterocycles. The van der Waals surface area contributed by atoms with Gasteiger partial charge in [-0.25, -0.2) is 0 Å². The Hall–Kier alpha value is -3.78. The zero-order chi connectivity index (χ0) is 26.8. The molecule has 5 nitrogen and oxygen atoms in total. The molecule has 37 heavy (non-hydrogen) atoms. The number of methoxy groups -OCH3 is 1. The number of benzene rings is 3. The van der Waals surface area contributed by atoms with E-state index in [0.717, 1.165) is 11.1 Å². The van der Waals surface area contributed by atoms with E-state index in [4.69, 9.17) is 4.74 Å². The summed E-state index contributed by atoms with van der Waals surface area (Å²) >= 11 is 0. The molecule has 0 aliphatic carbocycles. The van der Waals surface area contributed by atoms with Crippen LogP contribution in [0.4, 0.5) is 18.9 Å². The van der Waals surface area contributed by atoms with Crippen molar-refractivity contribution >= 4 is 16.6 Å². The van der Waals surface area contributed by atoms with Crippen LogP contribution in [0.5, 0.6) is 5.75 Å². The molecule has 0 aliphatic rings. The Morgan fingerprint density at radius 1 is 0.946 bits per heavy atom. The molecule has 3 aromatic carbocycles. The minimum absolute atomic E-state index is 0.255. The Kier molecular flexibility index (Phi) is 7.06. The lowest BCUT2D eigenvalue weighted by molar-refractivity contribution is -0.260. The van der Waals surface area contributed by atoms with Crippen molar-refractivity contribution in [1.29, 1.82) is 0 Å². The molecule has 1 atom stereocenters. The van der Waals surface area contributed by atoms with E-state index in [1.165, 1.54) is 25.4 Å². The summed E-state index contributed by atoms with van der Waals surface area (Å²) < 4.78 is 48.5. The van der Waals surface area contributed by atoms with Crippen LogP contribution in [0.2, 0.25) is 0 Å². The molecule has 3 N–H and O–H groups in total. The molecular weight excluding hydrogens is 481 g/mol. The topological polar surface area (TPSA) is 74.3 Å². The summed E-state index contributed by atoms with van der Waals surface area (Å²) in [4.78, 5) is 15.1. The third kappa shape index (κ3) is 5.49. The van der Waals surface area contributed by atoms with Crippen molar-refractivity contribution in [3.63, 3.8) is 0 Å². The van der Waals surface area contributed by atoms with Gasteiger partial charge in [0.1, 0.15) is 5.75 Å². The molecule has 0 bridgehead atoms. The Morgan fingerprint density at radius 3 is 2.35 bits per heavy atom. The zero-order valence-corrected chi connectivity index (χ0v) is 20.8. The second kappa shape index (κ2) is 9.94. The van der Waals surface area contributed by atoms with Crippen LogP contribution >= 0.6 is 0 Å². The highest BCUT2D eigenvalue weighted by Gasteiger charge is 2.56. The number of fused-ring (bicyclic) bond motifs is 1. The Bertz CT molecular complexity index is 1450. The Morgan fingerprint density at radius 2 is 1.68 bits per heavy atom. The maximum Gasteiger partial charge on any atom is 0.418 e. The van der Waals surface area contributed by atoms with Gasteiger partial charge in [-0.05, 0) is 53.3 Å². The average Bonchev–Trinajstić information content (AvgIpc) is 2.87. The van der Waals surface area contributed by atoms with Gasteiger partial charge in [-0.15, -0.1) is 0 Å². The summed E-state index contributed by atoms with van der Waals surface area (Å²) in [5.74, 6) is 0.441. The number of hydrogen-bond donors (Lipinski definition) is 3. The van der Waals surface area contributed by atoms with Crippen LogP contribution in [0, 0.1) is 0 Å². The molecule has 1 heterocycles. The second-order valence-corrected chi connectivity index (χ2v) is 9.83. The van der Waals surface area contributed by atoms with E-state index in [-0.39, 0.29) is 5.43 Å². The number of alkyl halides is 3. The molecule has 0 amide bonds. The predicted molar refractivity (Wildman–Crippen MR) is 140 cm³/mol. The van der Waals surface area contributed by atoms with Gasteiger partial charge in [0.25, 0.3) is 0 Å². The van der Waals surface area contributed by atoms with Gasteiger partial charge in [0.15, 0.2) is 11.0 Å². The fourth-order valence-corrected chi connectivity index (χ4v) is 4.67. The Labute approximate surface area is 212 Å². The lowest BCUT2D eigenvalue weighted by atomic mass is 9.73. The number of ether oxygens (including phenoxy) is 1. The number of aromatic nitrogens is 1. The first-order chi connectivity index (χ1) is 17.4. The third-order valence-electron chi connectivity index (χ3n) is 6.64. The van der Waals surface area contributed by atoms with E-state index in [0.29, 0.717) is 27.9 Å². The minimum Gasteiger partial charge on any atom is -0.496 e. The van der Waals surface area contributed by atoms with Gasteiger partial charge in [-0.2, -0.15) is 13.2 Å². The highest BCUT2D eigenvalue weighted by atomic mass is 19.4. The summed E-state index contributed by atoms with van der Waals surface area (Å²) in [7, 11) is 1.47. The van der Waals surface area contributed by atoms with Gasteiger partial charge in [0.2, 0.25) is 0 Å². The molecule has 0 radical (unpaired) electrons. The molecule has 4 rings (SSSR count). The zero-order valence-electron chi connectivity index (χ0n) is 20.8. The van der Waals surface area contributed by atoms with Crippen LogP contribution in [0.1, 0.15) is 25.8 Å². The monoisotopic (exact) mass is 510 g/mol. The minimum atomic E-state index is -4.92. The van der Waals surface area contributed by atoms with Crippen molar-refractivity contribution in [1.82, 2.24) is 4.98 Å². The molecule has 0 saturated heterocycles. The van der Waals surface area contributed by atoms with Gasteiger partial charge in [0, 0.05) is 34.4 Å². The largest absolute Gasteiger partial charge is 0.496 e. The molecule has 1 unspecified atom stereocenters. The van der Waals surface area contributed by atoms with E-state index in [9.17, 15) is 23.1 Å². The normalized spacial score (nSPS) is 13.8. The van der Waals surface area contributed by atoms with Crippen molar-refractivity contribution in [2.24, 2.45) is 0 Å². The number of pyridine rings is 1. The molecule has 8 heteroatoms. The molecule has 1 aromatic heterocycles. The summed E-state index contributed by atoms with van der Waals surface area (Å²) in [5.41, 5.74) is -1.28. The van der Waals surface area contributed by atoms with E-state index in [2.05, 4.69) is 10.3 Å². The fraction of sp³-hybridized carbons (Fsp3) is 0.276. The predicted octanol–water partition coefficient (Wildman–Crippen LogP) is 6.28. The lowest BCUT2D eigenvalue weighted by Crippen LogP contribution is -2.53. The molecule has 0 saturated carbocycles. The number of aliphatic hydroxyl groups is 1.